The van der Waals surface area contributed by atoms with E-state index in [0.717, 1.165) is 0 Å². The van der Waals surface area contributed by atoms with Crippen molar-refractivity contribution in [3.8, 4) is 0 Å². The van der Waals surface area contributed by atoms with Crippen LogP contribution in [0.25, 0.3) is 0 Å². The fourth-order valence-corrected chi connectivity index (χ4v) is 5.19. The SMILES string of the molecule is CCOC(=O)[C@@]1(CN)[C@H](S(=O)(=O)CC)[C@@H]1c1cccc(F)c1. The Hall–Kier alpha value is -1.47. The number of ether oxygens (including phenoxy) is 1. The van der Waals surface area contributed by atoms with Crippen LogP contribution in [0.4, 0.5) is 4.39 Å². The van der Waals surface area contributed by atoms with Crippen LogP contribution in [0.2, 0.25) is 0 Å². The molecule has 1 aliphatic carbocycles. The number of carbonyl (C=O) groups is 1. The van der Waals surface area contributed by atoms with Crippen molar-refractivity contribution in [3.63, 3.8) is 0 Å². The predicted molar refractivity (Wildman–Crippen MR) is 80.5 cm³/mol. The molecular formula is C15H20FNO4S. The van der Waals surface area contributed by atoms with Gasteiger partial charge in [-0.3, -0.25) is 4.79 Å². The van der Waals surface area contributed by atoms with Gasteiger partial charge in [0, 0.05) is 18.2 Å². The Balaban J connectivity index is 2.52. The van der Waals surface area contributed by atoms with Gasteiger partial charge >= 0.3 is 5.97 Å². The third kappa shape index (κ3) is 2.52. The summed E-state index contributed by atoms with van der Waals surface area (Å²) in [6.45, 7) is 3.14. The van der Waals surface area contributed by atoms with Crippen molar-refractivity contribution in [2.75, 3.05) is 18.9 Å². The summed E-state index contributed by atoms with van der Waals surface area (Å²) in [7, 11) is -3.52. The number of nitrogens with two attached hydrogens (primary N) is 1. The minimum Gasteiger partial charge on any atom is -0.465 e. The molecule has 0 aromatic heterocycles. The first-order valence-corrected chi connectivity index (χ1v) is 8.91. The van der Waals surface area contributed by atoms with E-state index in [1.165, 1.54) is 25.1 Å². The molecule has 3 atom stereocenters. The average Bonchev–Trinajstić information content (AvgIpc) is 3.19. The van der Waals surface area contributed by atoms with Crippen molar-refractivity contribution in [1.29, 1.82) is 0 Å². The smallest absolute Gasteiger partial charge is 0.315 e. The summed E-state index contributed by atoms with van der Waals surface area (Å²) in [6, 6.07) is 5.62. The summed E-state index contributed by atoms with van der Waals surface area (Å²) < 4.78 is 43.2. The zero-order valence-electron chi connectivity index (χ0n) is 12.6. The fraction of sp³-hybridized carbons (Fsp3) is 0.533. The molecule has 1 aromatic rings. The number of benzene rings is 1. The molecule has 7 heteroatoms. The third-order valence-electron chi connectivity index (χ3n) is 4.25. The summed E-state index contributed by atoms with van der Waals surface area (Å²) >= 11 is 0. The van der Waals surface area contributed by atoms with Gasteiger partial charge in [-0.1, -0.05) is 19.1 Å². The number of hydrogen-bond acceptors (Lipinski definition) is 5. The van der Waals surface area contributed by atoms with Gasteiger partial charge in [0.15, 0.2) is 9.84 Å². The van der Waals surface area contributed by atoms with Crippen LogP contribution in [0.3, 0.4) is 0 Å². The summed E-state index contributed by atoms with van der Waals surface area (Å²) in [5, 5.41) is -0.962. The lowest BCUT2D eigenvalue weighted by atomic mass is 9.99. The number of halogens is 1. The van der Waals surface area contributed by atoms with Gasteiger partial charge in [-0.25, -0.2) is 12.8 Å². The van der Waals surface area contributed by atoms with Gasteiger partial charge in [0.1, 0.15) is 11.2 Å². The maximum absolute atomic E-state index is 13.5. The summed E-state index contributed by atoms with van der Waals surface area (Å²) in [4.78, 5) is 12.3. The Bertz CT molecular complexity index is 676. The summed E-state index contributed by atoms with van der Waals surface area (Å²) in [5.41, 5.74) is 4.89. The van der Waals surface area contributed by atoms with Crippen LogP contribution in [-0.4, -0.2) is 38.5 Å². The average molecular weight is 329 g/mol. The van der Waals surface area contributed by atoms with E-state index in [1.54, 1.807) is 13.0 Å². The first-order chi connectivity index (χ1) is 10.3. The molecule has 0 heterocycles. The lowest BCUT2D eigenvalue weighted by molar-refractivity contribution is -0.149. The van der Waals surface area contributed by atoms with E-state index in [-0.39, 0.29) is 18.9 Å². The number of hydrogen-bond donors (Lipinski definition) is 1. The number of sulfone groups is 1. The molecule has 1 saturated carbocycles. The summed E-state index contributed by atoms with van der Waals surface area (Å²) in [5.74, 6) is -1.89. The molecule has 122 valence electrons. The van der Waals surface area contributed by atoms with E-state index in [0.29, 0.717) is 5.56 Å². The zero-order chi connectivity index (χ0) is 16.5. The van der Waals surface area contributed by atoms with Crippen molar-refractivity contribution in [3.05, 3.63) is 35.6 Å². The molecule has 2 rings (SSSR count). The van der Waals surface area contributed by atoms with Crippen LogP contribution in [0, 0.1) is 11.2 Å². The minimum absolute atomic E-state index is 0.107. The lowest BCUT2D eigenvalue weighted by Crippen LogP contribution is -2.34. The Labute approximate surface area is 129 Å². The van der Waals surface area contributed by atoms with Crippen LogP contribution in [0.5, 0.6) is 0 Å². The highest BCUT2D eigenvalue weighted by molar-refractivity contribution is 7.92. The van der Waals surface area contributed by atoms with Crippen molar-refractivity contribution in [2.24, 2.45) is 11.1 Å². The van der Waals surface area contributed by atoms with Crippen molar-refractivity contribution < 1.29 is 22.3 Å². The molecule has 0 amide bonds. The second kappa shape index (κ2) is 5.96. The Kier molecular flexibility index (Phi) is 4.58. The minimum atomic E-state index is -3.52. The van der Waals surface area contributed by atoms with Gasteiger partial charge in [0.25, 0.3) is 0 Å². The molecule has 5 nitrogen and oxygen atoms in total. The summed E-state index contributed by atoms with van der Waals surface area (Å²) in [6.07, 6.45) is 0. The van der Waals surface area contributed by atoms with Gasteiger partial charge in [0.05, 0.1) is 11.9 Å². The highest BCUT2D eigenvalue weighted by Gasteiger charge is 2.75. The van der Waals surface area contributed by atoms with E-state index in [1.807, 2.05) is 0 Å². The van der Waals surface area contributed by atoms with Gasteiger partial charge in [-0.05, 0) is 24.6 Å². The standard InChI is InChI=1S/C15H20FNO4S/c1-3-21-14(18)15(9-17)12(13(15)22(19,20)4-2)10-6-5-7-11(16)8-10/h5-8,12-13H,3-4,9,17H2,1-2H3/t12-,13+,15+/m0/s1. The molecule has 1 aliphatic rings. The highest BCUT2D eigenvalue weighted by atomic mass is 32.2. The Morgan fingerprint density at radius 2 is 2.09 bits per heavy atom. The number of carbonyl (C=O) groups excluding carboxylic acids is 1. The molecule has 1 fully saturated rings. The molecule has 0 spiro atoms. The molecule has 0 saturated heterocycles. The Morgan fingerprint density at radius 3 is 2.59 bits per heavy atom. The molecule has 0 aliphatic heterocycles. The van der Waals surface area contributed by atoms with Crippen LogP contribution in [0.15, 0.2) is 24.3 Å². The Morgan fingerprint density at radius 1 is 1.41 bits per heavy atom. The monoisotopic (exact) mass is 329 g/mol. The zero-order valence-corrected chi connectivity index (χ0v) is 13.4. The molecule has 0 bridgehead atoms. The molecule has 0 unspecified atom stereocenters. The van der Waals surface area contributed by atoms with E-state index < -0.39 is 38.2 Å². The first kappa shape index (κ1) is 16.9. The first-order valence-electron chi connectivity index (χ1n) is 7.19. The normalized spacial score (nSPS) is 27.5. The maximum atomic E-state index is 13.5. The molecule has 2 N–H and O–H groups in total. The second-order valence-electron chi connectivity index (χ2n) is 5.37. The van der Waals surface area contributed by atoms with Crippen molar-refractivity contribution in [2.45, 2.75) is 25.0 Å². The second-order valence-corrected chi connectivity index (χ2v) is 7.78. The molecule has 22 heavy (non-hydrogen) atoms. The van der Waals surface area contributed by atoms with E-state index in [9.17, 15) is 17.6 Å². The van der Waals surface area contributed by atoms with Gasteiger partial charge < -0.3 is 10.5 Å². The van der Waals surface area contributed by atoms with Gasteiger partial charge in [-0.15, -0.1) is 0 Å². The van der Waals surface area contributed by atoms with Crippen LogP contribution in [0.1, 0.15) is 25.3 Å². The number of rotatable bonds is 6. The molecular weight excluding hydrogens is 309 g/mol. The lowest BCUT2D eigenvalue weighted by Gasteiger charge is -2.14. The molecule has 1 aromatic carbocycles. The topological polar surface area (TPSA) is 86.5 Å². The van der Waals surface area contributed by atoms with Crippen LogP contribution in [-0.2, 0) is 19.4 Å². The van der Waals surface area contributed by atoms with Crippen LogP contribution < -0.4 is 5.73 Å². The van der Waals surface area contributed by atoms with Crippen LogP contribution >= 0.6 is 0 Å². The van der Waals surface area contributed by atoms with E-state index in [4.69, 9.17) is 10.5 Å². The third-order valence-corrected chi connectivity index (χ3v) is 6.52. The molecule has 0 radical (unpaired) electrons. The largest absolute Gasteiger partial charge is 0.465 e. The number of esters is 1. The predicted octanol–water partition coefficient (Wildman–Crippen LogP) is 1.23. The quantitative estimate of drug-likeness (QED) is 0.793. The maximum Gasteiger partial charge on any atom is 0.315 e. The van der Waals surface area contributed by atoms with Gasteiger partial charge in [-0.2, -0.15) is 0 Å². The fourth-order valence-electron chi connectivity index (χ4n) is 3.12. The van der Waals surface area contributed by atoms with E-state index >= 15 is 0 Å². The van der Waals surface area contributed by atoms with E-state index in [2.05, 4.69) is 0 Å². The highest BCUT2D eigenvalue weighted by Crippen LogP contribution is 2.63. The van der Waals surface area contributed by atoms with Gasteiger partial charge in [0.2, 0.25) is 0 Å². The van der Waals surface area contributed by atoms with Crippen molar-refractivity contribution in [1.82, 2.24) is 0 Å². The van der Waals surface area contributed by atoms with Crippen molar-refractivity contribution >= 4 is 15.8 Å².